The molecule has 0 N–H and O–H groups in total. The highest BCUT2D eigenvalue weighted by Gasteiger charge is 2.20. The Morgan fingerprint density at radius 1 is 0.909 bits per heavy atom. The average Bonchev–Trinajstić information content (AvgIpc) is 2.50. The summed E-state index contributed by atoms with van der Waals surface area (Å²) in [6.07, 6.45) is 1.89. The van der Waals surface area contributed by atoms with Crippen molar-refractivity contribution in [2.24, 2.45) is 0 Å². The zero-order valence-corrected chi connectivity index (χ0v) is 14.2. The summed E-state index contributed by atoms with van der Waals surface area (Å²) in [7, 11) is 0. The van der Waals surface area contributed by atoms with Crippen LogP contribution in [0.5, 0.6) is 0 Å². The van der Waals surface area contributed by atoms with Gasteiger partial charge in [-0.3, -0.25) is 0 Å². The number of nitrogens with zero attached hydrogens (tertiary/aromatic N) is 3. The van der Waals surface area contributed by atoms with Gasteiger partial charge in [-0.15, -0.1) is 0 Å². The average molecular weight is 316 g/mol. The smallest absolute Gasteiger partial charge is 0.129 e. The summed E-state index contributed by atoms with van der Waals surface area (Å²) in [5.41, 5.74) is 6.51. The van der Waals surface area contributed by atoms with E-state index in [2.05, 4.69) is 53.8 Å². The maximum absolute atomic E-state index is 5.95. The van der Waals surface area contributed by atoms with Crippen molar-refractivity contribution < 1.29 is 0 Å². The van der Waals surface area contributed by atoms with Crippen LogP contribution in [0.2, 0.25) is 5.15 Å². The SMILES string of the molecule is Cc1cc(Cl)ncc1N1CCN(c2cccc(C)c2C)CC1. The summed E-state index contributed by atoms with van der Waals surface area (Å²) in [6.45, 7) is 10.6. The van der Waals surface area contributed by atoms with Crippen LogP contribution in [0.3, 0.4) is 0 Å². The molecule has 0 atom stereocenters. The molecule has 1 aliphatic heterocycles. The van der Waals surface area contributed by atoms with Crippen LogP contribution in [0.4, 0.5) is 11.4 Å². The van der Waals surface area contributed by atoms with Crippen molar-refractivity contribution in [1.29, 1.82) is 0 Å². The van der Waals surface area contributed by atoms with Gasteiger partial charge < -0.3 is 9.80 Å². The van der Waals surface area contributed by atoms with Crippen molar-refractivity contribution in [1.82, 2.24) is 4.98 Å². The summed E-state index contributed by atoms with van der Waals surface area (Å²) in [6, 6.07) is 8.50. The van der Waals surface area contributed by atoms with Crippen LogP contribution in [-0.4, -0.2) is 31.2 Å². The predicted octanol–water partition coefficient (Wildman–Crippen LogP) is 3.99. The van der Waals surface area contributed by atoms with E-state index in [0.29, 0.717) is 5.15 Å². The van der Waals surface area contributed by atoms with Crippen LogP contribution >= 0.6 is 11.6 Å². The van der Waals surface area contributed by atoms with E-state index in [-0.39, 0.29) is 0 Å². The van der Waals surface area contributed by atoms with Crippen molar-refractivity contribution >= 4 is 23.0 Å². The molecule has 2 aromatic rings. The molecule has 2 heterocycles. The van der Waals surface area contributed by atoms with Gasteiger partial charge in [0.15, 0.2) is 0 Å². The fourth-order valence-electron chi connectivity index (χ4n) is 3.11. The predicted molar refractivity (Wildman–Crippen MR) is 94.3 cm³/mol. The molecular weight excluding hydrogens is 294 g/mol. The highest BCUT2D eigenvalue weighted by molar-refractivity contribution is 6.29. The first-order chi connectivity index (χ1) is 10.6. The van der Waals surface area contributed by atoms with E-state index in [1.807, 2.05) is 12.3 Å². The highest BCUT2D eigenvalue weighted by atomic mass is 35.5. The molecule has 3 nitrogen and oxygen atoms in total. The molecule has 0 aliphatic carbocycles. The third-order valence-electron chi connectivity index (χ3n) is 4.59. The number of hydrogen-bond donors (Lipinski definition) is 0. The molecule has 1 aromatic carbocycles. The van der Waals surface area contributed by atoms with Crippen LogP contribution in [0.25, 0.3) is 0 Å². The Labute approximate surface area is 137 Å². The molecule has 116 valence electrons. The van der Waals surface area contributed by atoms with Crippen molar-refractivity contribution in [3.63, 3.8) is 0 Å². The molecule has 0 spiro atoms. The van der Waals surface area contributed by atoms with Gasteiger partial charge in [-0.2, -0.15) is 0 Å². The maximum atomic E-state index is 5.95. The van der Waals surface area contributed by atoms with Gasteiger partial charge in [0.2, 0.25) is 0 Å². The topological polar surface area (TPSA) is 19.4 Å². The van der Waals surface area contributed by atoms with Gasteiger partial charge in [-0.05, 0) is 49.6 Å². The third-order valence-corrected chi connectivity index (χ3v) is 4.79. The van der Waals surface area contributed by atoms with Crippen LogP contribution in [0.15, 0.2) is 30.5 Å². The van der Waals surface area contributed by atoms with Crippen LogP contribution < -0.4 is 9.80 Å². The first-order valence-electron chi connectivity index (χ1n) is 7.74. The molecule has 1 aliphatic rings. The van der Waals surface area contributed by atoms with Crippen LogP contribution in [-0.2, 0) is 0 Å². The van der Waals surface area contributed by atoms with E-state index in [9.17, 15) is 0 Å². The number of aromatic nitrogens is 1. The number of halogens is 1. The van der Waals surface area contributed by atoms with Gasteiger partial charge >= 0.3 is 0 Å². The molecule has 1 aromatic heterocycles. The monoisotopic (exact) mass is 315 g/mol. The quantitative estimate of drug-likeness (QED) is 0.781. The summed E-state index contributed by atoms with van der Waals surface area (Å²) in [5.74, 6) is 0. The summed E-state index contributed by atoms with van der Waals surface area (Å²) in [4.78, 5) is 9.11. The van der Waals surface area contributed by atoms with E-state index in [1.165, 1.54) is 28.1 Å². The zero-order valence-electron chi connectivity index (χ0n) is 13.4. The first-order valence-corrected chi connectivity index (χ1v) is 8.12. The Morgan fingerprint density at radius 3 is 2.18 bits per heavy atom. The van der Waals surface area contributed by atoms with Crippen molar-refractivity contribution in [2.45, 2.75) is 20.8 Å². The Balaban J connectivity index is 1.74. The molecule has 0 saturated carbocycles. The molecular formula is C18H22ClN3. The molecule has 0 radical (unpaired) electrons. The molecule has 0 unspecified atom stereocenters. The normalized spacial score (nSPS) is 15.3. The van der Waals surface area contributed by atoms with Gasteiger partial charge in [0, 0.05) is 31.9 Å². The maximum Gasteiger partial charge on any atom is 0.129 e. The number of anilines is 2. The number of aryl methyl sites for hydroxylation is 2. The zero-order chi connectivity index (χ0) is 15.7. The van der Waals surface area contributed by atoms with Crippen molar-refractivity contribution in [3.05, 3.63) is 52.3 Å². The van der Waals surface area contributed by atoms with E-state index >= 15 is 0 Å². The lowest BCUT2D eigenvalue weighted by Crippen LogP contribution is -2.47. The summed E-state index contributed by atoms with van der Waals surface area (Å²) < 4.78 is 0. The number of rotatable bonds is 2. The third kappa shape index (κ3) is 2.91. The van der Waals surface area contributed by atoms with Crippen LogP contribution in [0.1, 0.15) is 16.7 Å². The minimum Gasteiger partial charge on any atom is -0.368 e. The standard InChI is InChI=1S/C18H22ClN3/c1-13-5-4-6-16(15(13)3)21-7-9-22(10-8-21)17-12-20-18(19)11-14(17)2/h4-6,11-12H,7-10H2,1-3H3. The first kappa shape index (κ1) is 15.2. The fraction of sp³-hybridized carbons (Fsp3) is 0.389. The van der Waals surface area contributed by atoms with Crippen molar-refractivity contribution in [3.8, 4) is 0 Å². The van der Waals surface area contributed by atoms with Gasteiger partial charge in [-0.25, -0.2) is 4.98 Å². The second kappa shape index (κ2) is 6.17. The lowest BCUT2D eigenvalue weighted by atomic mass is 10.1. The van der Waals surface area contributed by atoms with E-state index in [4.69, 9.17) is 11.6 Å². The van der Waals surface area contributed by atoms with Gasteiger partial charge in [0.1, 0.15) is 5.15 Å². The Kier molecular flexibility index (Phi) is 4.25. The molecule has 1 saturated heterocycles. The molecule has 22 heavy (non-hydrogen) atoms. The largest absolute Gasteiger partial charge is 0.368 e. The molecule has 1 fully saturated rings. The van der Waals surface area contributed by atoms with Gasteiger partial charge in [0.25, 0.3) is 0 Å². The molecule has 4 heteroatoms. The summed E-state index contributed by atoms with van der Waals surface area (Å²) in [5, 5.41) is 0.565. The second-order valence-electron chi connectivity index (χ2n) is 5.99. The minimum absolute atomic E-state index is 0.565. The molecule has 0 amide bonds. The van der Waals surface area contributed by atoms with E-state index < -0.39 is 0 Å². The van der Waals surface area contributed by atoms with Gasteiger partial charge in [0.05, 0.1) is 11.9 Å². The molecule has 3 rings (SSSR count). The second-order valence-corrected chi connectivity index (χ2v) is 6.37. The number of piperazine rings is 1. The minimum atomic E-state index is 0.565. The van der Waals surface area contributed by atoms with Crippen molar-refractivity contribution in [2.75, 3.05) is 36.0 Å². The Morgan fingerprint density at radius 2 is 1.55 bits per heavy atom. The fourth-order valence-corrected chi connectivity index (χ4v) is 3.32. The number of pyridine rings is 1. The van der Waals surface area contributed by atoms with E-state index in [1.54, 1.807) is 0 Å². The number of hydrogen-bond acceptors (Lipinski definition) is 3. The van der Waals surface area contributed by atoms with E-state index in [0.717, 1.165) is 26.2 Å². The lowest BCUT2D eigenvalue weighted by Gasteiger charge is -2.38. The molecule has 0 bridgehead atoms. The Bertz CT molecular complexity index is 676. The number of benzene rings is 1. The highest BCUT2D eigenvalue weighted by Crippen LogP contribution is 2.27. The Hall–Kier alpha value is -1.74. The van der Waals surface area contributed by atoms with Gasteiger partial charge in [-0.1, -0.05) is 23.7 Å². The van der Waals surface area contributed by atoms with Crippen LogP contribution in [0, 0.1) is 20.8 Å². The summed E-state index contributed by atoms with van der Waals surface area (Å²) >= 11 is 5.95. The lowest BCUT2D eigenvalue weighted by molar-refractivity contribution is 0.650.